The SMILES string of the molecule is Cc1ncc(CNCc2ccc(C)c([N+](=O)[O-])c2)s1. The van der Waals surface area contributed by atoms with Crippen molar-refractivity contribution >= 4 is 17.0 Å². The van der Waals surface area contributed by atoms with Gasteiger partial charge in [-0.2, -0.15) is 0 Å². The van der Waals surface area contributed by atoms with Gasteiger partial charge in [-0.1, -0.05) is 12.1 Å². The second kappa shape index (κ2) is 5.90. The van der Waals surface area contributed by atoms with Crippen molar-refractivity contribution in [1.82, 2.24) is 10.3 Å². The van der Waals surface area contributed by atoms with E-state index in [1.807, 2.05) is 19.2 Å². The van der Waals surface area contributed by atoms with Crippen molar-refractivity contribution in [2.24, 2.45) is 0 Å². The standard InChI is InChI=1S/C13H15N3O2S/c1-9-3-4-11(5-13(9)16(17)18)6-14-7-12-8-15-10(2)19-12/h3-5,8,14H,6-7H2,1-2H3. The third-order valence-corrected chi connectivity index (χ3v) is 3.68. The van der Waals surface area contributed by atoms with Crippen LogP contribution < -0.4 is 5.32 Å². The fourth-order valence-corrected chi connectivity index (χ4v) is 2.54. The molecule has 100 valence electrons. The quantitative estimate of drug-likeness (QED) is 0.674. The number of aryl methyl sites for hydroxylation is 2. The molecule has 0 radical (unpaired) electrons. The van der Waals surface area contributed by atoms with Gasteiger partial charge in [-0.05, 0) is 19.4 Å². The molecule has 5 nitrogen and oxygen atoms in total. The molecule has 0 spiro atoms. The Balaban J connectivity index is 1.96. The topological polar surface area (TPSA) is 68.1 Å². The maximum atomic E-state index is 10.9. The first kappa shape index (κ1) is 13.6. The van der Waals surface area contributed by atoms with Crippen molar-refractivity contribution in [3.05, 3.63) is 55.5 Å². The smallest absolute Gasteiger partial charge is 0.272 e. The summed E-state index contributed by atoms with van der Waals surface area (Å²) in [5, 5.41) is 15.2. The van der Waals surface area contributed by atoms with E-state index in [0.717, 1.165) is 17.1 Å². The summed E-state index contributed by atoms with van der Waals surface area (Å²) < 4.78 is 0. The van der Waals surface area contributed by atoms with Gasteiger partial charge in [0, 0.05) is 35.8 Å². The molecule has 1 heterocycles. The van der Waals surface area contributed by atoms with Crippen LogP contribution in [0.1, 0.15) is 21.0 Å². The number of nitro groups is 1. The number of nitrogens with one attached hydrogen (secondary N) is 1. The zero-order valence-electron chi connectivity index (χ0n) is 10.8. The zero-order valence-corrected chi connectivity index (χ0v) is 11.7. The second-order valence-electron chi connectivity index (χ2n) is 4.33. The molecule has 2 rings (SSSR count). The maximum absolute atomic E-state index is 10.9. The van der Waals surface area contributed by atoms with E-state index in [1.54, 1.807) is 30.4 Å². The monoisotopic (exact) mass is 277 g/mol. The van der Waals surface area contributed by atoms with Crippen molar-refractivity contribution in [3.63, 3.8) is 0 Å². The fourth-order valence-electron chi connectivity index (χ4n) is 1.78. The van der Waals surface area contributed by atoms with E-state index in [-0.39, 0.29) is 10.6 Å². The molecule has 0 unspecified atom stereocenters. The molecule has 1 N–H and O–H groups in total. The molecule has 0 fully saturated rings. The molecule has 0 saturated heterocycles. The van der Waals surface area contributed by atoms with E-state index >= 15 is 0 Å². The average Bonchev–Trinajstić information content (AvgIpc) is 2.77. The Morgan fingerprint density at radius 2 is 2.16 bits per heavy atom. The molecule has 0 saturated carbocycles. The van der Waals surface area contributed by atoms with Crippen molar-refractivity contribution in [2.45, 2.75) is 26.9 Å². The summed E-state index contributed by atoms with van der Waals surface area (Å²) in [6, 6.07) is 5.32. The number of rotatable bonds is 5. The molecule has 0 bridgehead atoms. The molecule has 0 aliphatic rings. The number of nitro benzene ring substituents is 1. The summed E-state index contributed by atoms with van der Waals surface area (Å²) >= 11 is 1.65. The van der Waals surface area contributed by atoms with Gasteiger partial charge in [0.1, 0.15) is 0 Å². The summed E-state index contributed by atoms with van der Waals surface area (Å²) in [5.74, 6) is 0. The first-order valence-corrected chi connectivity index (χ1v) is 6.74. The first-order chi connectivity index (χ1) is 9.06. The number of nitrogens with zero attached hydrogens (tertiary/aromatic N) is 2. The molecule has 2 aromatic rings. The molecule has 0 aliphatic heterocycles. The highest BCUT2D eigenvalue weighted by molar-refractivity contribution is 7.11. The molecule has 1 aromatic heterocycles. The van der Waals surface area contributed by atoms with Crippen molar-refractivity contribution in [2.75, 3.05) is 0 Å². The van der Waals surface area contributed by atoms with Crippen LogP contribution in [0.5, 0.6) is 0 Å². The van der Waals surface area contributed by atoms with Gasteiger partial charge in [-0.3, -0.25) is 10.1 Å². The predicted molar refractivity (Wildman–Crippen MR) is 75.2 cm³/mol. The molecule has 1 aromatic carbocycles. The van der Waals surface area contributed by atoms with Crippen LogP contribution >= 0.6 is 11.3 Å². The summed E-state index contributed by atoms with van der Waals surface area (Å²) in [5.41, 5.74) is 1.78. The molecule has 0 atom stereocenters. The Kier molecular flexibility index (Phi) is 4.24. The number of hydrogen-bond donors (Lipinski definition) is 1. The van der Waals surface area contributed by atoms with Gasteiger partial charge in [0.05, 0.1) is 9.93 Å². The second-order valence-corrected chi connectivity index (χ2v) is 5.65. The highest BCUT2D eigenvalue weighted by Crippen LogP contribution is 2.19. The highest BCUT2D eigenvalue weighted by atomic mass is 32.1. The fraction of sp³-hybridized carbons (Fsp3) is 0.308. The average molecular weight is 277 g/mol. The molecular weight excluding hydrogens is 262 g/mol. The van der Waals surface area contributed by atoms with Crippen LogP contribution in [-0.2, 0) is 13.1 Å². The van der Waals surface area contributed by atoms with Crippen LogP contribution in [0.3, 0.4) is 0 Å². The maximum Gasteiger partial charge on any atom is 0.272 e. The van der Waals surface area contributed by atoms with Crippen molar-refractivity contribution < 1.29 is 4.92 Å². The Labute approximate surface area is 115 Å². The van der Waals surface area contributed by atoms with Gasteiger partial charge >= 0.3 is 0 Å². The van der Waals surface area contributed by atoms with E-state index in [4.69, 9.17) is 0 Å². The molecule has 0 aliphatic carbocycles. The number of thiazole rings is 1. The predicted octanol–water partition coefficient (Wildman–Crippen LogP) is 2.96. The van der Waals surface area contributed by atoms with Crippen LogP contribution in [0.2, 0.25) is 0 Å². The van der Waals surface area contributed by atoms with Gasteiger partial charge in [0.25, 0.3) is 5.69 Å². The number of hydrogen-bond acceptors (Lipinski definition) is 5. The van der Waals surface area contributed by atoms with Crippen LogP contribution in [0, 0.1) is 24.0 Å². The van der Waals surface area contributed by atoms with Gasteiger partial charge < -0.3 is 5.32 Å². The summed E-state index contributed by atoms with van der Waals surface area (Å²) in [6.07, 6.45) is 1.85. The third kappa shape index (κ3) is 3.59. The Morgan fingerprint density at radius 1 is 1.37 bits per heavy atom. The minimum Gasteiger partial charge on any atom is -0.308 e. The van der Waals surface area contributed by atoms with E-state index in [9.17, 15) is 10.1 Å². The zero-order chi connectivity index (χ0) is 13.8. The van der Waals surface area contributed by atoms with Crippen molar-refractivity contribution in [1.29, 1.82) is 0 Å². The van der Waals surface area contributed by atoms with Gasteiger partial charge in [-0.15, -0.1) is 11.3 Å². The van der Waals surface area contributed by atoms with Crippen LogP contribution in [-0.4, -0.2) is 9.91 Å². The van der Waals surface area contributed by atoms with E-state index in [2.05, 4.69) is 10.3 Å². The number of benzene rings is 1. The minimum atomic E-state index is -0.342. The van der Waals surface area contributed by atoms with Crippen LogP contribution in [0.25, 0.3) is 0 Å². The molecular formula is C13H15N3O2S. The Bertz CT molecular complexity index is 595. The lowest BCUT2D eigenvalue weighted by Crippen LogP contribution is -2.12. The minimum absolute atomic E-state index is 0.174. The van der Waals surface area contributed by atoms with E-state index in [1.165, 1.54) is 4.88 Å². The van der Waals surface area contributed by atoms with Gasteiger partial charge in [0.15, 0.2) is 0 Å². The van der Waals surface area contributed by atoms with Crippen LogP contribution in [0.15, 0.2) is 24.4 Å². The molecule has 6 heteroatoms. The number of aromatic nitrogens is 1. The highest BCUT2D eigenvalue weighted by Gasteiger charge is 2.10. The van der Waals surface area contributed by atoms with Gasteiger partial charge in [0.2, 0.25) is 0 Å². The Hall–Kier alpha value is -1.79. The molecule has 19 heavy (non-hydrogen) atoms. The first-order valence-electron chi connectivity index (χ1n) is 5.92. The summed E-state index contributed by atoms with van der Waals surface area (Å²) in [6.45, 7) is 5.05. The van der Waals surface area contributed by atoms with E-state index in [0.29, 0.717) is 12.1 Å². The van der Waals surface area contributed by atoms with Crippen LogP contribution in [0.4, 0.5) is 5.69 Å². The third-order valence-electron chi connectivity index (χ3n) is 2.77. The lowest BCUT2D eigenvalue weighted by Gasteiger charge is -2.04. The normalized spacial score (nSPS) is 10.6. The largest absolute Gasteiger partial charge is 0.308 e. The van der Waals surface area contributed by atoms with E-state index < -0.39 is 0 Å². The lowest BCUT2D eigenvalue weighted by atomic mass is 10.1. The van der Waals surface area contributed by atoms with Crippen molar-refractivity contribution in [3.8, 4) is 0 Å². The van der Waals surface area contributed by atoms with Gasteiger partial charge in [-0.25, -0.2) is 4.98 Å². The molecule has 0 amide bonds. The summed E-state index contributed by atoms with van der Waals surface area (Å²) in [4.78, 5) is 15.9. The lowest BCUT2D eigenvalue weighted by molar-refractivity contribution is -0.385. The summed E-state index contributed by atoms with van der Waals surface area (Å²) in [7, 11) is 0. The Morgan fingerprint density at radius 3 is 2.79 bits per heavy atom.